The number of hydrogen-bond acceptors (Lipinski definition) is 2. The van der Waals surface area contributed by atoms with Gasteiger partial charge in [-0.15, -0.1) is 0 Å². The summed E-state index contributed by atoms with van der Waals surface area (Å²) in [5, 5.41) is 9.53. The van der Waals surface area contributed by atoms with E-state index >= 15 is 0 Å². The van der Waals surface area contributed by atoms with E-state index in [9.17, 15) is 18.7 Å². The van der Waals surface area contributed by atoms with Crippen LogP contribution in [0.5, 0.6) is 0 Å². The van der Waals surface area contributed by atoms with Gasteiger partial charge >= 0.3 is 5.97 Å². The van der Waals surface area contributed by atoms with Crippen LogP contribution in [0, 0.1) is 29.4 Å². The van der Waals surface area contributed by atoms with Crippen molar-refractivity contribution in [3.8, 4) is 0 Å². The molecule has 1 aliphatic heterocycles. The number of carbonyl (C=O) groups is 1. The number of allylic oxidation sites excluding steroid dienone is 1. The van der Waals surface area contributed by atoms with E-state index in [0.717, 1.165) is 37.8 Å². The summed E-state index contributed by atoms with van der Waals surface area (Å²) >= 11 is 0. The Kier molecular flexibility index (Phi) is 4.28. The first-order chi connectivity index (χ1) is 11.0. The normalized spacial score (nSPS) is 27.5. The smallest absolute Gasteiger partial charge is 0.350 e. The second kappa shape index (κ2) is 6.22. The van der Waals surface area contributed by atoms with Crippen molar-refractivity contribution in [2.75, 3.05) is 0 Å². The standard InChI is InChI=1S/C18H19F2NO2/c1-10-4-2-3-5-12-13(10)9-16(21-17(12)18(22)23)11-6-7-14(19)15(20)8-11/h6-10,12-13H,2-5H2,1H3,(H,22,23). The number of nitrogens with zero attached hydrogens (tertiary/aromatic N) is 1. The lowest BCUT2D eigenvalue weighted by molar-refractivity contribution is -0.129. The second-order valence-corrected chi connectivity index (χ2v) is 6.43. The van der Waals surface area contributed by atoms with Crippen LogP contribution in [0.2, 0.25) is 0 Å². The third-order valence-electron chi connectivity index (χ3n) is 4.92. The minimum absolute atomic E-state index is 0.0733. The molecule has 0 spiro atoms. The molecule has 5 heteroatoms. The summed E-state index contributed by atoms with van der Waals surface area (Å²) in [6.45, 7) is 2.12. The highest BCUT2D eigenvalue weighted by atomic mass is 19.2. The first-order valence-corrected chi connectivity index (χ1v) is 7.96. The van der Waals surface area contributed by atoms with E-state index in [0.29, 0.717) is 17.2 Å². The number of hydrogen-bond donors (Lipinski definition) is 1. The quantitative estimate of drug-likeness (QED) is 0.884. The minimum atomic E-state index is -1.03. The van der Waals surface area contributed by atoms with Crippen LogP contribution < -0.4 is 0 Å². The molecule has 1 saturated carbocycles. The Morgan fingerprint density at radius 2 is 1.96 bits per heavy atom. The van der Waals surface area contributed by atoms with Gasteiger partial charge in [-0.2, -0.15) is 0 Å². The number of rotatable bonds is 2. The lowest BCUT2D eigenvalue weighted by Gasteiger charge is -2.30. The lowest BCUT2D eigenvalue weighted by Crippen LogP contribution is -2.33. The first kappa shape index (κ1) is 15.8. The van der Waals surface area contributed by atoms with Crippen molar-refractivity contribution >= 4 is 17.4 Å². The average molecular weight is 319 g/mol. The van der Waals surface area contributed by atoms with Gasteiger partial charge in [0, 0.05) is 11.5 Å². The SMILES string of the molecule is CC1CCCCC2C(C(=O)O)=NC(c3ccc(F)c(F)c3)=CC12. The molecule has 3 atom stereocenters. The maximum absolute atomic E-state index is 13.5. The van der Waals surface area contributed by atoms with Crippen molar-refractivity contribution in [3.05, 3.63) is 41.5 Å². The number of aliphatic carboxylic acids is 1. The molecule has 1 aromatic carbocycles. The van der Waals surface area contributed by atoms with Crippen molar-refractivity contribution in [1.29, 1.82) is 0 Å². The zero-order valence-electron chi connectivity index (χ0n) is 12.9. The van der Waals surface area contributed by atoms with Crippen LogP contribution in [0.25, 0.3) is 5.70 Å². The number of carboxylic acids is 1. The number of aliphatic imine (C=N–C) groups is 1. The van der Waals surface area contributed by atoms with E-state index in [2.05, 4.69) is 11.9 Å². The van der Waals surface area contributed by atoms with Crippen LogP contribution in [-0.4, -0.2) is 16.8 Å². The molecule has 23 heavy (non-hydrogen) atoms. The Labute approximate surface area is 133 Å². The highest BCUT2D eigenvalue weighted by Crippen LogP contribution is 2.40. The Bertz CT molecular complexity index is 696. The third-order valence-corrected chi connectivity index (χ3v) is 4.92. The molecule has 0 radical (unpaired) electrons. The predicted octanol–water partition coefficient (Wildman–Crippen LogP) is 4.29. The summed E-state index contributed by atoms with van der Waals surface area (Å²) in [5.41, 5.74) is 0.986. The fourth-order valence-electron chi connectivity index (χ4n) is 3.67. The first-order valence-electron chi connectivity index (χ1n) is 7.96. The summed E-state index contributed by atoms with van der Waals surface area (Å²) in [6.07, 6.45) is 5.86. The number of fused-ring (bicyclic) bond motifs is 1. The zero-order chi connectivity index (χ0) is 16.6. The molecule has 0 saturated heterocycles. The number of benzene rings is 1. The van der Waals surface area contributed by atoms with Crippen LogP contribution in [0.1, 0.15) is 38.2 Å². The average Bonchev–Trinajstić information content (AvgIpc) is 2.71. The molecule has 1 aromatic rings. The Hall–Kier alpha value is -2.04. The van der Waals surface area contributed by atoms with Gasteiger partial charge in [-0.1, -0.05) is 32.3 Å². The van der Waals surface area contributed by atoms with E-state index in [4.69, 9.17) is 0 Å². The van der Waals surface area contributed by atoms with Crippen LogP contribution in [0.4, 0.5) is 8.78 Å². The number of carboxylic acid groups (broad SMARTS) is 1. The van der Waals surface area contributed by atoms with E-state index in [-0.39, 0.29) is 17.5 Å². The molecule has 0 aromatic heterocycles. The third kappa shape index (κ3) is 3.05. The van der Waals surface area contributed by atoms with Gasteiger partial charge < -0.3 is 5.11 Å². The molecule has 3 unspecified atom stereocenters. The molecule has 1 aliphatic carbocycles. The maximum atomic E-state index is 13.5. The molecular weight excluding hydrogens is 300 g/mol. The van der Waals surface area contributed by atoms with Crippen molar-refractivity contribution in [2.24, 2.45) is 22.7 Å². The van der Waals surface area contributed by atoms with Gasteiger partial charge in [-0.25, -0.2) is 18.6 Å². The van der Waals surface area contributed by atoms with Crippen molar-refractivity contribution in [1.82, 2.24) is 0 Å². The van der Waals surface area contributed by atoms with E-state index < -0.39 is 17.6 Å². The van der Waals surface area contributed by atoms with Crippen LogP contribution in [0.3, 0.4) is 0 Å². The molecule has 2 aliphatic rings. The Balaban J connectivity index is 2.06. The van der Waals surface area contributed by atoms with E-state index in [1.54, 1.807) is 0 Å². The molecule has 3 nitrogen and oxygen atoms in total. The molecule has 0 bridgehead atoms. The minimum Gasteiger partial charge on any atom is -0.477 e. The predicted molar refractivity (Wildman–Crippen MR) is 84.0 cm³/mol. The Morgan fingerprint density at radius 3 is 2.65 bits per heavy atom. The van der Waals surface area contributed by atoms with Crippen LogP contribution >= 0.6 is 0 Å². The zero-order valence-corrected chi connectivity index (χ0v) is 12.9. The highest BCUT2D eigenvalue weighted by Gasteiger charge is 2.37. The number of halogens is 2. The summed E-state index contributed by atoms with van der Waals surface area (Å²) in [6, 6.07) is 3.56. The van der Waals surface area contributed by atoms with Crippen molar-refractivity contribution < 1.29 is 18.7 Å². The van der Waals surface area contributed by atoms with E-state index in [1.807, 2.05) is 6.08 Å². The second-order valence-electron chi connectivity index (χ2n) is 6.43. The fourth-order valence-corrected chi connectivity index (χ4v) is 3.67. The molecule has 1 heterocycles. The fraction of sp³-hybridized carbons (Fsp3) is 0.444. The summed E-state index contributed by atoms with van der Waals surface area (Å²) in [4.78, 5) is 15.9. The van der Waals surface area contributed by atoms with Crippen molar-refractivity contribution in [2.45, 2.75) is 32.6 Å². The highest BCUT2D eigenvalue weighted by molar-refractivity contribution is 6.37. The monoisotopic (exact) mass is 319 g/mol. The summed E-state index contributed by atoms with van der Waals surface area (Å²) in [5.74, 6) is -2.59. The molecule has 1 N–H and O–H groups in total. The van der Waals surface area contributed by atoms with Gasteiger partial charge in [0.25, 0.3) is 0 Å². The van der Waals surface area contributed by atoms with Gasteiger partial charge in [0.05, 0.1) is 5.70 Å². The van der Waals surface area contributed by atoms with Gasteiger partial charge in [0.1, 0.15) is 5.71 Å². The Morgan fingerprint density at radius 1 is 1.22 bits per heavy atom. The van der Waals surface area contributed by atoms with Gasteiger partial charge in [0.2, 0.25) is 0 Å². The lowest BCUT2D eigenvalue weighted by atomic mass is 9.76. The summed E-state index contributed by atoms with van der Waals surface area (Å²) < 4.78 is 26.6. The maximum Gasteiger partial charge on any atom is 0.350 e. The largest absolute Gasteiger partial charge is 0.477 e. The van der Waals surface area contributed by atoms with Crippen molar-refractivity contribution in [3.63, 3.8) is 0 Å². The van der Waals surface area contributed by atoms with Gasteiger partial charge in [0.15, 0.2) is 11.6 Å². The topological polar surface area (TPSA) is 49.7 Å². The summed E-state index contributed by atoms with van der Waals surface area (Å²) in [7, 11) is 0. The van der Waals surface area contributed by atoms with Crippen LogP contribution in [-0.2, 0) is 4.79 Å². The molecule has 122 valence electrons. The van der Waals surface area contributed by atoms with Crippen LogP contribution in [0.15, 0.2) is 29.3 Å². The van der Waals surface area contributed by atoms with Gasteiger partial charge in [-0.3, -0.25) is 0 Å². The molecule has 3 rings (SSSR count). The molecule has 0 amide bonds. The van der Waals surface area contributed by atoms with E-state index in [1.165, 1.54) is 6.07 Å². The molecule has 1 fully saturated rings. The molecular formula is C18H19F2NO2. The van der Waals surface area contributed by atoms with Gasteiger partial charge in [-0.05, 0) is 36.5 Å².